The molecule has 0 aliphatic carbocycles. The van der Waals surface area contributed by atoms with Crippen LogP contribution in [0, 0.1) is 5.92 Å². The van der Waals surface area contributed by atoms with Crippen molar-refractivity contribution in [3.05, 3.63) is 6.33 Å². The van der Waals surface area contributed by atoms with Gasteiger partial charge in [0.05, 0.1) is 13.2 Å². The van der Waals surface area contributed by atoms with Gasteiger partial charge in [-0.15, -0.1) is 0 Å². The third kappa shape index (κ3) is 3.96. The molecular weight excluding hydrogens is 244 g/mol. The third-order valence-corrected chi connectivity index (χ3v) is 3.10. The van der Waals surface area contributed by atoms with Gasteiger partial charge in [0, 0.05) is 13.2 Å². The molecule has 0 bridgehead atoms. The lowest BCUT2D eigenvalue weighted by molar-refractivity contribution is 0.0595. The maximum Gasteiger partial charge on any atom is 0.242 e. The van der Waals surface area contributed by atoms with Crippen LogP contribution in [0.2, 0.25) is 0 Å². The summed E-state index contributed by atoms with van der Waals surface area (Å²) in [6.07, 6.45) is 4.69. The summed E-state index contributed by atoms with van der Waals surface area (Å²) in [5, 5.41) is 3.26. The summed E-state index contributed by atoms with van der Waals surface area (Å²) < 4.78 is 10.9. The molecule has 1 saturated heterocycles. The zero-order valence-corrected chi connectivity index (χ0v) is 11.4. The highest BCUT2D eigenvalue weighted by molar-refractivity contribution is 5.66. The van der Waals surface area contributed by atoms with Crippen LogP contribution < -0.4 is 15.8 Å². The van der Waals surface area contributed by atoms with Crippen molar-refractivity contribution in [2.75, 3.05) is 37.4 Å². The molecule has 1 unspecified atom stereocenters. The van der Waals surface area contributed by atoms with Crippen LogP contribution in [0.1, 0.15) is 26.2 Å². The van der Waals surface area contributed by atoms with Gasteiger partial charge in [-0.3, -0.25) is 0 Å². The normalized spacial score (nSPS) is 19.1. The van der Waals surface area contributed by atoms with Crippen LogP contribution in [0.25, 0.3) is 0 Å². The molecule has 19 heavy (non-hydrogen) atoms. The number of anilines is 2. The Bertz CT molecular complexity index is 394. The Labute approximate surface area is 113 Å². The van der Waals surface area contributed by atoms with E-state index in [1.165, 1.54) is 12.7 Å². The number of aromatic nitrogens is 2. The lowest BCUT2D eigenvalue weighted by Gasteiger charge is -2.22. The number of rotatable bonds is 6. The first-order valence-electron chi connectivity index (χ1n) is 6.86. The Morgan fingerprint density at radius 3 is 3.16 bits per heavy atom. The van der Waals surface area contributed by atoms with Crippen molar-refractivity contribution in [2.45, 2.75) is 26.2 Å². The molecule has 6 nitrogen and oxygen atoms in total. The van der Waals surface area contributed by atoms with Gasteiger partial charge in [-0.1, -0.05) is 6.92 Å². The monoisotopic (exact) mass is 266 g/mol. The molecule has 1 aromatic heterocycles. The molecular formula is C13H22N4O2. The number of nitrogens with zero attached hydrogens (tertiary/aromatic N) is 2. The lowest BCUT2D eigenvalue weighted by atomic mass is 10.0. The van der Waals surface area contributed by atoms with Gasteiger partial charge in [-0.2, -0.15) is 4.98 Å². The van der Waals surface area contributed by atoms with E-state index >= 15 is 0 Å². The van der Waals surface area contributed by atoms with E-state index in [4.69, 9.17) is 15.2 Å². The minimum Gasteiger partial charge on any atom is -0.476 e. The molecule has 0 spiro atoms. The Morgan fingerprint density at radius 2 is 2.42 bits per heavy atom. The van der Waals surface area contributed by atoms with Crippen LogP contribution in [0.5, 0.6) is 5.88 Å². The van der Waals surface area contributed by atoms with Crippen molar-refractivity contribution < 1.29 is 9.47 Å². The van der Waals surface area contributed by atoms with E-state index in [9.17, 15) is 0 Å². The van der Waals surface area contributed by atoms with Gasteiger partial charge in [0.25, 0.3) is 0 Å². The molecule has 1 atom stereocenters. The van der Waals surface area contributed by atoms with E-state index in [0.29, 0.717) is 29.9 Å². The molecule has 1 aromatic rings. The Hall–Kier alpha value is -1.56. The minimum absolute atomic E-state index is 0.458. The number of nitrogen functional groups attached to an aromatic ring is 1. The fourth-order valence-electron chi connectivity index (χ4n) is 2.04. The highest BCUT2D eigenvalue weighted by Crippen LogP contribution is 2.25. The molecule has 6 heteroatoms. The summed E-state index contributed by atoms with van der Waals surface area (Å²) in [4.78, 5) is 8.21. The molecule has 0 amide bonds. The van der Waals surface area contributed by atoms with Gasteiger partial charge in [0.15, 0.2) is 5.82 Å². The predicted octanol–water partition coefficient (Wildman–Crippen LogP) is 1.69. The van der Waals surface area contributed by atoms with Gasteiger partial charge in [-0.05, 0) is 25.2 Å². The van der Waals surface area contributed by atoms with Crippen molar-refractivity contribution in [1.29, 1.82) is 0 Å². The second-order valence-electron chi connectivity index (χ2n) is 4.75. The van der Waals surface area contributed by atoms with Crippen LogP contribution in [0.4, 0.5) is 11.5 Å². The zero-order valence-electron chi connectivity index (χ0n) is 11.4. The molecule has 106 valence electrons. The van der Waals surface area contributed by atoms with Gasteiger partial charge < -0.3 is 20.5 Å². The maximum absolute atomic E-state index is 6.00. The Morgan fingerprint density at radius 1 is 1.53 bits per heavy atom. The Kier molecular flexibility index (Phi) is 5.20. The molecule has 2 rings (SSSR count). The van der Waals surface area contributed by atoms with Gasteiger partial charge in [-0.25, -0.2) is 4.98 Å². The summed E-state index contributed by atoms with van der Waals surface area (Å²) in [7, 11) is 0. The van der Waals surface area contributed by atoms with Gasteiger partial charge in [0.2, 0.25) is 5.88 Å². The minimum atomic E-state index is 0.458. The second kappa shape index (κ2) is 7.13. The fourth-order valence-corrected chi connectivity index (χ4v) is 2.04. The average Bonchev–Trinajstić information content (AvgIpc) is 2.46. The second-order valence-corrected chi connectivity index (χ2v) is 4.75. The van der Waals surface area contributed by atoms with E-state index in [-0.39, 0.29) is 0 Å². The summed E-state index contributed by atoms with van der Waals surface area (Å²) in [6.45, 7) is 5.14. The van der Waals surface area contributed by atoms with Crippen molar-refractivity contribution >= 4 is 11.5 Å². The quantitative estimate of drug-likeness (QED) is 0.815. The van der Waals surface area contributed by atoms with Crippen molar-refractivity contribution in [3.63, 3.8) is 0 Å². The van der Waals surface area contributed by atoms with Crippen LogP contribution >= 0.6 is 0 Å². The van der Waals surface area contributed by atoms with E-state index in [2.05, 4.69) is 15.3 Å². The number of nitrogens with one attached hydrogen (secondary N) is 1. The highest BCUT2D eigenvalue weighted by Gasteiger charge is 2.15. The maximum atomic E-state index is 6.00. The van der Waals surface area contributed by atoms with Crippen LogP contribution in [-0.4, -0.2) is 36.3 Å². The molecule has 0 aromatic carbocycles. The number of hydrogen-bond donors (Lipinski definition) is 2. The smallest absolute Gasteiger partial charge is 0.242 e. The third-order valence-electron chi connectivity index (χ3n) is 3.10. The molecule has 1 aliphatic heterocycles. The number of ether oxygens (including phenoxy) is 2. The molecule has 3 N–H and O–H groups in total. The highest BCUT2D eigenvalue weighted by atomic mass is 16.5. The summed E-state index contributed by atoms with van der Waals surface area (Å²) in [6, 6.07) is 0. The van der Waals surface area contributed by atoms with Crippen molar-refractivity contribution in [1.82, 2.24) is 9.97 Å². The molecule has 1 aliphatic rings. The average molecular weight is 266 g/mol. The molecule has 0 radical (unpaired) electrons. The SMILES string of the molecule is CCCOc1ncnc(NCC2CCCOC2)c1N. The van der Waals surface area contributed by atoms with Gasteiger partial charge >= 0.3 is 0 Å². The summed E-state index contributed by atoms with van der Waals surface area (Å²) >= 11 is 0. The predicted molar refractivity (Wildman–Crippen MR) is 74.3 cm³/mol. The molecule has 0 saturated carbocycles. The topological polar surface area (TPSA) is 82.3 Å². The van der Waals surface area contributed by atoms with Crippen LogP contribution in [0.15, 0.2) is 6.33 Å². The summed E-state index contributed by atoms with van der Waals surface area (Å²) in [5.74, 6) is 1.62. The number of hydrogen-bond acceptors (Lipinski definition) is 6. The first kappa shape index (κ1) is 13.9. The van der Waals surface area contributed by atoms with E-state index in [0.717, 1.165) is 32.6 Å². The van der Waals surface area contributed by atoms with E-state index in [1.807, 2.05) is 6.92 Å². The van der Waals surface area contributed by atoms with Gasteiger partial charge in [0.1, 0.15) is 12.0 Å². The lowest BCUT2D eigenvalue weighted by Crippen LogP contribution is -2.25. The first-order valence-corrected chi connectivity index (χ1v) is 6.86. The molecule has 2 heterocycles. The standard InChI is InChI=1S/C13H22N4O2/c1-2-5-19-13-11(14)12(16-9-17-13)15-7-10-4-3-6-18-8-10/h9-10H,2-8,14H2,1H3,(H,15,16,17). The van der Waals surface area contributed by atoms with Crippen LogP contribution in [0.3, 0.4) is 0 Å². The van der Waals surface area contributed by atoms with E-state index < -0.39 is 0 Å². The Balaban J connectivity index is 1.91. The van der Waals surface area contributed by atoms with Crippen LogP contribution in [-0.2, 0) is 4.74 Å². The molecule has 1 fully saturated rings. The zero-order chi connectivity index (χ0) is 13.5. The largest absolute Gasteiger partial charge is 0.476 e. The number of nitrogens with two attached hydrogens (primary N) is 1. The first-order chi connectivity index (χ1) is 9.31. The van der Waals surface area contributed by atoms with E-state index in [1.54, 1.807) is 0 Å². The van der Waals surface area contributed by atoms with Crippen molar-refractivity contribution in [2.24, 2.45) is 5.92 Å². The summed E-state index contributed by atoms with van der Waals surface area (Å²) in [5.41, 5.74) is 6.48. The van der Waals surface area contributed by atoms with Crippen molar-refractivity contribution in [3.8, 4) is 5.88 Å². The fraction of sp³-hybridized carbons (Fsp3) is 0.692.